The largest absolute Gasteiger partial charge is 0.378 e. The van der Waals surface area contributed by atoms with E-state index in [9.17, 15) is 4.79 Å². The summed E-state index contributed by atoms with van der Waals surface area (Å²) in [6.07, 6.45) is 0.788. The summed E-state index contributed by atoms with van der Waals surface area (Å²) in [5.74, 6) is 0. The summed E-state index contributed by atoms with van der Waals surface area (Å²) in [4.78, 5) is 17.8. The second-order valence-electron chi connectivity index (χ2n) is 4.84. The number of benzene rings is 1. The predicted octanol–water partition coefficient (Wildman–Crippen LogP) is 1.67. The number of hydrogen-bond acceptors (Lipinski definition) is 3. The number of aromatic amines is 1. The van der Waals surface area contributed by atoms with Gasteiger partial charge in [0.25, 0.3) is 0 Å². The SMILES string of the molecule is CN(C)c1ccc2[nH]c3c(c(=O)c2c1)COCC3. The first-order valence-electron chi connectivity index (χ1n) is 6.09. The lowest BCUT2D eigenvalue weighted by molar-refractivity contribution is 0.109. The molecular weight excluding hydrogens is 228 g/mol. The highest BCUT2D eigenvalue weighted by molar-refractivity contribution is 5.83. The second-order valence-corrected chi connectivity index (χ2v) is 4.84. The van der Waals surface area contributed by atoms with Crippen LogP contribution >= 0.6 is 0 Å². The van der Waals surface area contributed by atoms with Crippen molar-refractivity contribution >= 4 is 16.6 Å². The molecule has 0 aliphatic carbocycles. The normalized spacial score (nSPS) is 14.6. The molecule has 2 aromatic rings. The lowest BCUT2D eigenvalue weighted by atomic mass is 10.0. The van der Waals surface area contributed by atoms with Crippen LogP contribution in [0.3, 0.4) is 0 Å². The van der Waals surface area contributed by atoms with Gasteiger partial charge in [0, 0.05) is 48.4 Å². The zero-order valence-corrected chi connectivity index (χ0v) is 10.6. The Morgan fingerprint density at radius 3 is 2.94 bits per heavy atom. The van der Waals surface area contributed by atoms with Gasteiger partial charge in [-0.15, -0.1) is 0 Å². The molecular formula is C14H16N2O2. The van der Waals surface area contributed by atoms with E-state index < -0.39 is 0 Å². The molecule has 1 aliphatic rings. The molecule has 0 spiro atoms. The Morgan fingerprint density at radius 2 is 2.17 bits per heavy atom. The first kappa shape index (κ1) is 11.3. The molecule has 0 amide bonds. The maximum absolute atomic E-state index is 12.4. The van der Waals surface area contributed by atoms with Crippen LogP contribution in [0.4, 0.5) is 5.69 Å². The van der Waals surface area contributed by atoms with Crippen molar-refractivity contribution in [2.75, 3.05) is 25.6 Å². The van der Waals surface area contributed by atoms with Crippen molar-refractivity contribution in [1.29, 1.82) is 0 Å². The summed E-state index contributed by atoms with van der Waals surface area (Å²) in [5.41, 5.74) is 3.85. The highest BCUT2D eigenvalue weighted by Crippen LogP contribution is 2.20. The van der Waals surface area contributed by atoms with Crippen molar-refractivity contribution in [2.24, 2.45) is 0 Å². The minimum atomic E-state index is 0.0992. The van der Waals surface area contributed by atoms with Crippen molar-refractivity contribution in [1.82, 2.24) is 4.98 Å². The van der Waals surface area contributed by atoms with Gasteiger partial charge in [-0.2, -0.15) is 0 Å². The zero-order valence-electron chi connectivity index (χ0n) is 10.6. The second kappa shape index (κ2) is 4.14. The Balaban J connectivity index is 2.29. The number of H-pyrrole nitrogens is 1. The van der Waals surface area contributed by atoms with E-state index in [0.29, 0.717) is 13.2 Å². The number of hydrogen-bond donors (Lipinski definition) is 1. The standard InChI is InChI=1S/C14H16N2O2/c1-16(2)9-3-4-12-10(7-9)14(17)11-8-18-6-5-13(11)15-12/h3-4,7H,5-6,8H2,1-2H3,(H,15,17). The van der Waals surface area contributed by atoms with Crippen LogP contribution in [-0.2, 0) is 17.8 Å². The minimum Gasteiger partial charge on any atom is -0.378 e. The molecule has 0 atom stereocenters. The summed E-state index contributed by atoms with van der Waals surface area (Å²) >= 11 is 0. The minimum absolute atomic E-state index is 0.0992. The molecule has 0 saturated carbocycles. The van der Waals surface area contributed by atoms with Gasteiger partial charge in [-0.05, 0) is 18.2 Å². The molecule has 0 saturated heterocycles. The Morgan fingerprint density at radius 1 is 1.33 bits per heavy atom. The number of anilines is 1. The van der Waals surface area contributed by atoms with Crippen LogP contribution in [0, 0.1) is 0 Å². The van der Waals surface area contributed by atoms with E-state index in [2.05, 4.69) is 4.98 Å². The van der Waals surface area contributed by atoms with Crippen LogP contribution in [0.1, 0.15) is 11.3 Å². The average Bonchev–Trinajstić information content (AvgIpc) is 2.38. The number of pyridine rings is 1. The number of aromatic nitrogens is 1. The number of rotatable bonds is 1. The Bertz CT molecular complexity index is 659. The van der Waals surface area contributed by atoms with Gasteiger partial charge in [-0.1, -0.05) is 0 Å². The van der Waals surface area contributed by atoms with Gasteiger partial charge in [-0.3, -0.25) is 4.79 Å². The maximum atomic E-state index is 12.4. The van der Waals surface area contributed by atoms with Crippen molar-refractivity contribution in [3.63, 3.8) is 0 Å². The highest BCUT2D eigenvalue weighted by atomic mass is 16.5. The first-order chi connectivity index (χ1) is 8.66. The van der Waals surface area contributed by atoms with Gasteiger partial charge in [-0.25, -0.2) is 0 Å². The Hall–Kier alpha value is -1.81. The van der Waals surface area contributed by atoms with Crippen molar-refractivity contribution in [3.05, 3.63) is 39.7 Å². The maximum Gasteiger partial charge on any atom is 0.195 e. The van der Waals surface area contributed by atoms with Crippen LogP contribution < -0.4 is 10.3 Å². The lowest BCUT2D eigenvalue weighted by Gasteiger charge is -2.18. The van der Waals surface area contributed by atoms with Crippen LogP contribution in [-0.4, -0.2) is 25.7 Å². The zero-order chi connectivity index (χ0) is 12.7. The smallest absolute Gasteiger partial charge is 0.195 e. The monoisotopic (exact) mass is 244 g/mol. The molecule has 2 heterocycles. The number of fused-ring (bicyclic) bond motifs is 2. The third-order valence-corrected chi connectivity index (χ3v) is 3.43. The summed E-state index contributed by atoms with van der Waals surface area (Å²) in [5, 5.41) is 0.741. The third kappa shape index (κ3) is 1.69. The van der Waals surface area contributed by atoms with Crippen LogP contribution in [0.5, 0.6) is 0 Å². The molecule has 18 heavy (non-hydrogen) atoms. The molecule has 0 radical (unpaired) electrons. The van der Waals surface area contributed by atoms with E-state index in [1.165, 1.54) is 0 Å². The van der Waals surface area contributed by atoms with Crippen molar-refractivity contribution in [3.8, 4) is 0 Å². The van der Waals surface area contributed by atoms with E-state index in [1.807, 2.05) is 37.2 Å². The van der Waals surface area contributed by atoms with E-state index in [1.54, 1.807) is 0 Å². The fourth-order valence-electron chi connectivity index (χ4n) is 2.36. The lowest BCUT2D eigenvalue weighted by Crippen LogP contribution is -2.22. The van der Waals surface area contributed by atoms with E-state index in [4.69, 9.17) is 4.74 Å². The van der Waals surface area contributed by atoms with Gasteiger partial charge in [0.05, 0.1) is 13.2 Å². The van der Waals surface area contributed by atoms with E-state index in [0.717, 1.165) is 34.3 Å². The Kier molecular flexibility index (Phi) is 2.59. The molecule has 1 aliphatic heterocycles. The molecule has 4 heteroatoms. The molecule has 4 nitrogen and oxygen atoms in total. The summed E-state index contributed by atoms with van der Waals surface area (Å²) in [6.45, 7) is 1.11. The number of ether oxygens (including phenoxy) is 1. The van der Waals surface area contributed by atoms with E-state index >= 15 is 0 Å². The fraction of sp³-hybridized carbons (Fsp3) is 0.357. The quantitative estimate of drug-likeness (QED) is 0.830. The molecule has 1 aromatic heterocycles. The highest BCUT2D eigenvalue weighted by Gasteiger charge is 2.16. The molecule has 94 valence electrons. The summed E-state index contributed by atoms with van der Waals surface area (Å²) in [6, 6.07) is 5.93. The van der Waals surface area contributed by atoms with E-state index in [-0.39, 0.29) is 5.43 Å². The van der Waals surface area contributed by atoms with Gasteiger partial charge >= 0.3 is 0 Å². The molecule has 0 bridgehead atoms. The summed E-state index contributed by atoms with van der Waals surface area (Å²) < 4.78 is 5.37. The first-order valence-corrected chi connectivity index (χ1v) is 6.09. The van der Waals surface area contributed by atoms with Crippen molar-refractivity contribution < 1.29 is 4.74 Å². The molecule has 1 N–H and O–H groups in total. The summed E-state index contributed by atoms with van der Waals surface area (Å²) in [7, 11) is 3.94. The molecule has 1 aromatic carbocycles. The average molecular weight is 244 g/mol. The third-order valence-electron chi connectivity index (χ3n) is 3.43. The van der Waals surface area contributed by atoms with Gasteiger partial charge in [0.2, 0.25) is 0 Å². The van der Waals surface area contributed by atoms with Crippen molar-refractivity contribution in [2.45, 2.75) is 13.0 Å². The van der Waals surface area contributed by atoms with Crippen LogP contribution in [0.2, 0.25) is 0 Å². The van der Waals surface area contributed by atoms with Gasteiger partial charge < -0.3 is 14.6 Å². The van der Waals surface area contributed by atoms with Crippen LogP contribution in [0.15, 0.2) is 23.0 Å². The van der Waals surface area contributed by atoms with Gasteiger partial charge in [0.1, 0.15) is 0 Å². The van der Waals surface area contributed by atoms with Crippen LogP contribution in [0.25, 0.3) is 10.9 Å². The molecule has 3 rings (SSSR count). The topological polar surface area (TPSA) is 45.3 Å². The molecule has 0 unspecified atom stereocenters. The van der Waals surface area contributed by atoms with Gasteiger partial charge in [0.15, 0.2) is 5.43 Å². The predicted molar refractivity (Wildman–Crippen MR) is 72.3 cm³/mol. The fourth-order valence-corrected chi connectivity index (χ4v) is 2.36. The molecule has 0 fully saturated rings. The number of nitrogens with one attached hydrogen (secondary N) is 1. The Labute approximate surface area is 105 Å². The number of nitrogens with zero attached hydrogens (tertiary/aromatic N) is 1.